The van der Waals surface area contributed by atoms with Crippen LogP contribution in [0, 0.1) is 0 Å². The first-order chi connectivity index (χ1) is 4.34. The summed E-state index contributed by atoms with van der Waals surface area (Å²) in [4.78, 5) is 4.06. The van der Waals surface area contributed by atoms with Crippen molar-refractivity contribution in [1.29, 1.82) is 0 Å². The second kappa shape index (κ2) is 3.37. The van der Waals surface area contributed by atoms with E-state index in [0.29, 0.717) is 0 Å². The highest BCUT2D eigenvalue weighted by Gasteiger charge is 2.11. The maximum Gasteiger partial charge on any atom is 0.168 e. The average molecular weight is 162 g/mol. The van der Waals surface area contributed by atoms with Gasteiger partial charge in [-0.05, 0) is 6.42 Å². The van der Waals surface area contributed by atoms with Crippen molar-refractivity contribution in [1.82, 2.24) is 4.31 Å². The number of nitrogens with zero attached hydrogens (tertiary/aromatic N) is 2. The SMILES string of the molecule is CN=C1SCCCN1S. The third-order valence-corrected chi connectivity index (χ3v) is 2.84. The number of hydrogen-bond donors (Lipinski definition) is 1. The quantitative estimate of drug-likeness (QED) is 0.540. The lowest BCUT2D eigenvalue weighted by molar-refractivity contribution is 0.662. The van der Waals surface area contributed by atoms with Crippen molar-refractivity contribution in [2.24, 2.45) is 4.99 Å². The fourth-order valence-electron chi connectivity index (χ4n) is 0.728. The molecule has 0 aliphatic carbocycles. The molecular formula is C5H10N2S2. The van der Waals surface area contributed by atoms with Crippen LogP contribution in [0.5, 0.6) is 0 Å². The van der Waals surface area contributed by atoms with Crippen LogP contribution < -0.4 is 0 Å². The molecule has 1 fully saturated rings. The normalized spacial score (nSPS) is 25.1. The van der Waals surface area contributed by atoms with E-state index in [1.165, 1.54) is 12.2 Å². The molecule has 0 aromatic rings. The van der Waals surface area contributed by atoms with Gasteiger partial charge in [0.15, 0.2) is 5.17 Å². The molecule has 0 N–H and O–H groups in total. The van der Waals surface area contributed by atoms with Crippen molar-refractivity contribution >= 4 is 29.7 Å². The molecule has 0 atom stereocenters. The summed E-state index contributed by atoms with van der Waals surface area (Å²) in [5.74, 6) is 1.18. The van der Waals surface area contributed by atoms with Crippen LogP contribution in [0.1, 0.15) is 6.42 Å². The van der Waals surface area contributed by atoms with Gasteiger partial charge in [-0.3, -0.25) is 9.30 Å². The molecular weight excluding hydrogens is 152 g/mol. The molecule has 1 saturated heterocycles. The number of aliphatic imine (C=N–C) groups is 1. The Hall–Kier alpha value is 0.170. The Kier molecular flexibility index (Phi) is 2.72. The largest absolute Gasteiger partial charge is 0.298 e. The van der Waals surface area contributed by atoms with Crippen LogP contribution in [0.15, 0.2) is 4.99 Å². The van der Waals surface area contributed by atoms with E-state index in [9.17, 15) is 0 Å². The molecule has 9 heavy (non-hydrogen) atoms. The monoisotopic (exact) mass is 162 g/mol. The minimum atomic E-state index is 1.03. The zero-order valence-corrected chi connectivity index (χ0v) is 7.08. The van der Waals surface area contributed by atoms with Gasteiger partial charge in [-0.15, -0.1) is 0 Å². The first-order valence-electron chi connectivity index (χ1n) is 2.90. The van der Waals surface area contributed by atoms with Gasteiger partial charge in [0.05, 0.1) is 0 Å². The van der Waals surface area contributed by atoms with Crippen LogP contribution in [-0.2, 0) is 0 Å². The van der Waals surface area contributed by atoms with Gasteiger partial charge in [-0.1, -0.05) is 24.6 Å². The van der Waals surface area contributed by atoms with Crippen LogP contribution in [0.3, 0.4) is 0 Å². The lowest BCUT2D eigenvalue weighted by atomic mass is 10.5. The molecule has 0 aromatic heterocycles. The molecule has 0 aromatic carbocycles. The van der Waals surface area contributed by atoms with Gasteiger partial charge in [0.2, 0.25) is 0 Å². The van der Waals surface area contributed by atoms with Gasteiger partial charge < -0.3 is 0 Å². The molecule has 1 aliphatic rings. The molecule has 4 heteroatoms. The Labute approximate surface area is 65.3 Å². The molecule has 0 saturated carbocycles. The van der Waals surface area contributed by atoms with Crippen molar-refractivity contribution < 1.29 is 0 Å². The van der Waals surface area contributed by atoms with Crippen LogP contribution >= 0.6 is 24.6 Å². The first-order valence-corrected chi connectivity index (χ1v) is 4.29. The van der Waals surface area contributed by atoms with Gasteiger partial charge in [-0.25, -0.2) is 0 Å². The maximum absolute atomic E-state index is 4.22. The van der Waals surface area contributed by atoms with Crippen molar-refractivity contribution in [3.63, 3.8) is 0 Å². The second-order valence-corrected chi connectivity index (χ2v) is 3.38. The van der Waals surface area contributed by atoms with Crippen LogP contribution in [-0.4, -0.2) is 28.8 Å². The Bertz CT molecular complexity index is 124. The highest BCUT2D eigenvalue weighted by atomic mass is 32.2. The zero-order chi connectivity index (χ0) is 6.69. The number of hydrogen-bond acceptors (Lipinski definition) is 3. The van der Waals surface area contributed by atoms with Crippen LogP contribution in [0.4, 0.5) is 0 Å². The predicted molar refractivity (Wildman–Crippen MR) is 46.1 cm³/mol. The lowest BCUT2D eigenvalue weighted by Crippen LogP contribution is -2.25. The van der Waals surface area contributed by atoms with Crippen molar-refractivity contribution in [3.05, 3.63) is 0 Å². The van der Waals surface area contributed by atoms with Gasteiger partial charge in [0.1, 0.15) is 0 Å². The third-order valence-electron chi connectivity index (χ3n) is 1.16. The Balaban J connectivity index is 2.49. The molecule has 1 aliphatic heterocycles. The standard InChI is InChI=1S/C5H10N2S2/c1-6-5-7(8)3-2-4-9-5/h8H,2-4H2,1H3. The summed E-state index contributed by atoms with van der Waals surface area (Å²) < 4.78 is 1.90. The summed E-state index contributed by atoms with van der Waals surface area (Å²) in [6.45, 7) is 1.03. The molecule has 0 spiro atoms. The Morgan fingerprint density at radius 3 is 3.00 bits per heavy atom. The van der Waals surface area contributed by atoms with Crippen LogP contribution in [0.2, 0.25) is 0 Å². The van der Waals surface area contributed by atoms with Crippen molar-refractivity contribution in [2.45, 2.75) is 6.42 Å². The number of amidine groups is 1. The minimum Gasteiger partial charge on any atom is -0.298 e. The van der Waals surface area contributed by atoms with E-state index >= 15 is 0 Å². The number of rotatable bonds is 0. The molecule has 1 heterocycles. The summed E-state index contributed by atoms with van der Waals surface area (Å²) in [7, 11) is 1.80. The van der Waals surface area contributed by atoms with E-state index in [4.69, 9.17) is 0 Å². The molecule has 0 amide bonds. The zero-order valence-electron chi connectivity index (χ0n) is 5.37. The Morgan fingerprint density at radius 2 is 2.56 bits per heavy atom. The summed E-state index contributed by atoms with van der Waals surface area (Å²) in [6.07, 6.45) is 1.22. The predicted octanol–water partition coefficient (Wildman–Crippen LogP) is 1.26. The second-order valence-electron chi connectivity index (χ2n) is 1.83. The lowest BCUT2D eigenvalue weighted by Gasteiger charge is -2.22. The van der Waals surface area contributed by atoms with E-state index in [1.807, 2.05) is 4.31 Å². The van der Waals surface area contributed by atoms with Gasteiger partial charge in [-0.2, -0.15) is 0 Å². The highest BCUT2D eigenvalue weighted by Crippen LogP contribution is 2.18. The molecule has 0 unspecified atom stereocenters. The van der Waals surface area contributed by atoms with E-state index in [2.05, 4.69) is 17.8 Å². The fraction of sp³-hybridized carbons (Fsp3) is 0.800. The van der Waals surface area contributed by atoms with E-state index in [-0.39, 0.29) is 0 Å². The van der Waals surface area contributed by atoms with Crippen LogP contribution in [0.25, 0.3) is 0 Å². The highest BCUT2D eigenvalue weighted by molar-refractivity contribution is 8.14. The molecule has 2 nitrogen and oxygen atoms in total. The van der Waals surface area contributed by atoms with E-state index in [1.54, 1.807) is 18.8 Å². The summed E-state index contributed by atoms with van der Waals surface area (Å²) in [5, 5.41) is 1.05. The number of thiol groups is 1. The molecule has 1 rings (SSSR count). The maximum atomic E-state index is 4.22. The third kappa shape index (κ3) is 1.79. The molecule has 0 radical (unpaired) electrons. The fourth-order valence-corrected chi connectivity index (χ4v) is 1.96. The van der Waals surface area contributed by atoms with E-state index in [0.717, 1.165) is 11.7 Å². The minimum absolute atomic E-state index is 1.03. The molecule has 52 valence electrons. The smallest absolute Gasteiger partial charge is 0.168 e. The first kappa shape index (κ1) is 7.28. The van der Waals surface area contributed by atoms with Gasteiger partial charge in [0, 0.05) is 19.3 Å². The van der Waals surface area contributed by atoms with Crippen molar-refractivity contribution in [2.75, 3.05) is 19.3 Å². The molecule has 0 bridgehead atoms. The number of thioether (sulfide) groups is 1. The van der Waals surface area contributed by atoms with Crippen molar-refractivity contribution in [3.8, 4) is 0 Å². The summed E-state index contributed by atoms with van der Waals surface area (Å²) in [5.41, 5.74) is 0. The van der Waals surface area contributed by atoms with Gasteiger partial charge >= 0.3 is 0 Å². The topological polar surface area (TPSA) is 15.6 Å². The van der Waals surface area contributed by atoms with Gasteiger partial charge in [0.25, 0.3) is 0 Å². The van der Waals surface area contributed by atoms with E-state index < -0.39 is 0 Å². The Morgan fingerprint density at radius 1 is 1.78 bits per heavy atom. The summed E-state index contributed by atoms with van der Waals surface area (Å²) in [6, 6.07) is 0. The summed E-state index contributed by atoms with van der Waals surface area (Å²) >= 11 is 5.99. The average Bonchev–Trinajstić information content (AvgIpc) is 1.89.